The first kappa shape index (κ1) is 12.3. The summed E-state index contributed by atoms with van der Waals surface area (Å²) in [7, 11) is 0. The zero-order valence-corrected chi connectivity index (χ0v) is 10.3. The maximum absolute atomic E-state index is 10.3. The summed E-state index contributed by atoms with van der Waals surface area (Å²) in [6.45, 7) is 2.69. The van der Waals surface area contributed by atoms with Gasteiger partial charge >= 0.3 is 0 Å². The minimum absolute atomic E-state index is 0.183. The molecule has 0 saturated heterocycles. The van der Waals surface area contributed by atoms with Gasteiger partial charge in [-0.15, -0.1) is 0 Å². The van der Waals surface area contributed by atoms with Crippen LogP contribution in [-0.2, 0) is 13.2 Å². The average Bonchev–Trinajstić information content (AvgIpc) is 2.41. The van der Waals surface area contributed by atoms with Crippen LogP contribution in [-0.4, -0.2) is 0 Å². The minimum Gasteiger partial charge on any atom is -0.489 e. The molecule has 2 aromatic carbocycles. The number of nitrogens with zero attached hydrogens (tertiary/aromatic N) is 1. The topological polar surface area (TPSA) is 38.7 Å². The lowest BCUT2D eigenvalue weighted by Crippen LogP contribution is -1.97. The van der Waals surface area contributed by atoms with E-state index in [1.54, 1.807) is 0 Å². The van der Waals surface area contributed by atoms with Crippen molar-refractivity contribution in [2.24, 2.45) is 5.18 Å². The second-order valence-corrected chi connectivity index (χ2v) is 4.16. The maximum Gasteiger partial charge on any atom is 0.123 e. The van der Waals surface area contributed by atoms with Crippen LogP contribution in [0.3, 0.4) is 0 Å². The van der Waals surface area contributed by atoms with Crippen molar-refractivity contribution >= 4 is 0 Å². The molecule has 0 N–H and O–H groups in total. The van der Waals surface area contributed by atoms with Gasteiger partial charge in [0.15, 0.2) is 0 Å². The summed E-state index contributed by atoms with van der Waals surface area (Å²) in [6, 6.07) is 15.7. The quantitative estimate of drug-likeness (QED) is 0.746. The van der Waals surface area contributed by atoms with Crippen molar-refractivity contribution in [3.63, 3.8) is 0 Å². The molecule has 0 bridgehead atoms. The number of aryl methyl sites for hydroxylation is 1. The molecule has 0 aliphatic carbocycles. The van der Waals surface area contributed by atoms with Gasteiger partial charge in [0.05, 0.1) is 0 Å². The van der Waals surface area contributed by atoms with Gasteiger partial charge < -0.3 is 4.74 Å². The third-order valence-corrected chi connectivity index (χ3v) is 2.74. The summed E-state index contributed by atoms with van der Waals surface area (Å²) in [5.74, 6) is 0.806. The Balaban J connectivity index is 2.08. The first-order chi connectivity index (χ1) is 8.79. The second kappa shape index (κ2) is 5.96. The Bertz CT molecular complexity index is 523. The van der Waals surface area contributed by atoms with Crippen molar-refractivity contribution in [2.45, 2.75) is 20.1 Å². The van der Waals surface area contributed by atoms with Gasteiger partial charge in [0.2, 0.25) is 0 Å². The van der Waals surface area contributed by atoms with E-state index in [4.69, 9.17) is 4.74 Å². The number of hydrogen-bond acceptors (Lipinski definition) is 3. The summed E-state index contributed by atoms with van der Waals surface area (Å²) in [5, 5.41) is 2.89. The van der Waals surface area contributed by atoms with Gasteiger partial charge in [-0.1, -0.05) is 47.6 Å². The molecular formula is C15H15NO2. The van der Waals surface area contributed by atoms with Gasteiger partial charge in [-0.25, -0.2) is 0 Å². The van der Waals surface area contributed by atoms with Crippen molar-refractivity contribution in [1.29, 1.82) is 0 Å². The molecule has 0 atom stereocenters. The lowest BCUT2D eigenvalue weighted by Gasteiger charge is -2.10. The van der Waals surface area contributed by atoms with E-state index in [1.807, 2.05) is 55.5 Å². The third-order valence-electron chi connectivity index (χ3n) is 2.74. The fraction of sp³-hybridized carbons (Fsp3) is 0.200. The summed E-state index contributed by atoms with van der Waals surface area (Å²) in [6.07, 6.45) is 0. The van der Waals surface area contributed by atoms with Crippen LogP contribution in [0.4, 0.5) is 0 Å². The highest BCUT2D eigenvalue weighted by Gasteiger charge is 2.02. The Morgan fingerprint density at radius 2 is 1.83 bits per heavy atom. The zero-order chi connectivity index (χ0) is 12.8. The molecule has 0 heterocycles. The van der Waals surface area contributed by atoms with Gasteiger partial charge in [-0.2, -0.15) is 4.91 Å². The fourth-order valence-electron chi connectivity index (χ4n) is 1.71. The van der Waals surface area contributed by atoms with Gasteiger partial charge in [0, 0.05) is 0 Å². The van der Waals surface area contributed by atoms with E-state index in [0.29, 0.717) is 6.61 Å². The van der Waals surface area contributed by atoms with Crippen LogP contribution in [0.5, 0.6) is 5.75 Å². The molecular weight excluding hydrogens is 226 g/mol. The van der Waals surface area contributed by atoms with E-state index in [1.165, 1.54) is 0 Å². The number of ether oxygens (including phenoxy) is 1. The van der Waals surface area contributed by atoms with Crippen LogP contribution in [0.2, 0.25) is 0 Å². The Morgan fingerprint density at radius 3 is 2.56 bits per heavy atom. The van der Waals surface area contributed by atoms with Crippen molar-refractivity contribution in [1.82, 2.24) is 0 Å². The normalized spacial score (nSPS) is 10.1. The fourth-order valence-corrected chi connectivity index (χ4v) is 1.71. The molecule has 0 radical (unpaired) electrons. The van der Waals surface area contributed by atoms with Crippen LogP contribution in [0, 0.1) is 11.8 Å². The summed E-state index contributed by atoms with van der Waals surface area (Å²) in [5.41, 5.74) is 3.05. The Hall–Kier alpha value is -2.16. The summed E-state index contributed by atoms with van der Waals surface area (Å²) in [4.78, 5) is 10.3. The second-order valence-electron chi connectivity index (χ2n) is 4.16. The van der Waals surface area contributed by atoms with Gasteiger partial charge in [0.25, 0.3) is 0 Å². The summed E-state index contributed by atoms with van der Waals surface area (Å²) < 4.78 is 5.77. The summed E-state index contributed by atoms with van der Waals surface area (Å²) >= 11 is 0. The number of rotatable bonds is 5. The standard InChI is InChI=1S/C15H15NO2/c1-12-7-8-14(10-16-17)9-15(12)18-11-13-5-3-2-4-6-13/h2-9H,10-11H2,1H3. The monoisotopic (exact) mass is 241 g/mol. The number of benzene rings is 2. The molecule has 92 valence electrons. The number of nitroso groups, excluding NO2 is 1. The molecule has 0 aliphatic rings. The van der Waals surface area contributed by atoms with Crippen molar-refractivity contribution in [2.75, 3.05) is 0 Å². The zero-order valence-electron chi connectivity index (χ0n) is 10.3. The molecule has 0 spiro atoms. The molecule has 0 amide bonds. The van der Waals surface area contributed by atoms with Gasteiger partial charge in [-0.05, 0) is 29.7 Å². The van der Waals surface area contributed by atoms with Crippen LogP contribution in [0.15, 0.2) is 53.7 Å². The lowest BCUT2D eigenvalue weighted by atomic mass is 10.1. The highest BCUT2D eigenvalue weighted by molar-refractivity contribution is 5.36. The predicted molar refractivity (Wildman–Crippen MR) is 71.5 cm³/mol. The molecule has 0 aromatic heterocycles. The molecule has 0 fully saturated rings. The molecule has 3 heteroatoms. The first-order valence-corrected chi connectivity index (χ1v) is 5.85. The minimum atomic E-state index is 0.183. The van der Waals surface area contributed by atoms with Crippen LogP contribution < -0.4 is 4.74 Å². The smallest absolute Gasteiger partial charge is 0.123 e. The van der Waals surface area contributed by atoms with E-state index in [0.717, 1.165) is 22.4 Å². The molecule has 2 rings (SSSR count). The predicted octanol–water partition coefficient (Wildman–Crippen LogP) is 3.84. The molecule has 0 aliphatic heterocycles. The van der Waals surface area contributed by atoms with Crippen LogP contribution in [0.1, 0.15) is 16.7 Å². The van der Waals surface area contributed by atoms with Crippen molar-refractivity contribution in [3.05, 3.63) is 70.1 Å². The largest absolute Gasteiger partial charge is 0.489 e. The Morgan fingerprint density at radius 1 is 1.06 bits per heavy atom. The van der Waals surface area contributed by atoms with E-state index in [2.05, 4.69) is 5.18 Å². The van der Waals surface area contributed by atoms with E-state index >= 15 is 0 Å². The first-order valence-electron chi connectivity index (χ1n) is 5.85. The highest BCUT2D eigenvalue weighted by Crippen LogP contribution is 2.21. The van der Waals surface area contributed by atoms with Gasteiger partial charge in [0.1, 0.15) is 18.9 Å². The maximum atomic E-state index is 10.3. The molecule has 2 aromatic rings. The Kier molecular flexibility index (Phi) is 4.07. The van der Waals surface area contributed by atoms with E-state index < -0.39 is 0 Å². The van der Waals surface area contributed by atoms with E-state index in [-0.39, 0.29) is 6.54 Å². The molecule has 0 saturated carbocycles. The number of hydrogen-bond donors (Lipinski definition) is 0. The average molecular weight is 241 g/mol. The van der Waals surface area contributed by atoms with Crippen LogP contribution in [0.25, 0.3) is 0 Å². The molecule has 3 nitrogen and oxygen atoms in total. The van der Waals surface area contributed by atoms with E-state index in [9.17, 15) is 4.91 Å². The lowest BCUT2D eigenvalue weighted by molar-refractivity contribution is 0.304. The van der Waals surface area contributed by atoms with Crippen LogP contribution >= 0.6 is 0 Å². The highest BCUT2D eigenvalue weighted by atomic mass is 16.5. The van der Waals surface area contributed by atoms with Crippen molar-refractivity contribution < 1.29 is 4.74 Å². The third kappa shape index (κ3) is 3.17. The van der Waals surface area contributed by atoms with Crippen molar-refractivity contribution in [3.8, 4) is 5.75 Å². The molecule has 0 unspecified atom stereocenters. The SMILES string of the molecule is Cc1ccc(CN=O)cc1OCc1ccccc1. The Labute approximate surface area is 106 Å². The molecule has 18 heavy (non-hydrogen) atoms. The van der Waals surface area contributed by atoms with Gasteiger partial charge in [-0.3, -0.25) is 0 Å².